The third-order valence-electron chi connectivity index (χ3n) is 3.68. The van der Waals surface area contributed by atoms with Crippen LogP contribution in [0.25, 0.3) is 0 Å². The average molecular weight is 265 g/mol. The summed E-state index contributed by atoms with van der Waals surface area (Å²) in [6.07, 6.45) is 4.13. The van der Waals surface area contributed by atoms with Crippen molar-refractivity contribution >= 4 is 11.8 Å². The van der Waals surface area contributed by atoms with Crippen LogP contribution in [0, 0.1) is 0 Å². The van der Waals surface area contributed by atoms with Crippen LogP contribution in [0.2, 0.25) is 0 Å². The van der Waals surface area contributed by atoms with Crippen LogP contribution < -0.4 is 5.32 Å². The number of aryl methyl sites for hydroxylation is 1. The van der Waals surface area contributed by atoms with E-state index in [0.717, 1.165) is 18.4 Å². The lowest BCUT2D eigenvalue weighted by Gasteiger charge is -2.23. The molecule has 0 spiro atoms. The maximum atomic E-state index is 10.5. The fourth-order valence-corrected chi connectivity index (χ4v) is 3.60. The highest BCUT2D eigenvalue weighted by Gasteiger charge is 2.21. The van der Waals surface area contributed by atoms with E-state index in [1.807, 2.05) is 18.8 Å². The molecule has 0 saturated heterocycles. The quantitative estimate of drug-likeness (QED) is 0.829. The van der Waals surface area contributed by atoms with E-state index in [0.29, 0.717) is 0 Å². The third-order valence-corrected chi connectivity index (χ3v) is 4.78. The van der Waals surface area contributed by atoms with Gasteiger partial charge in [-0.05, 0) is 37.1 Å². The predicted octanol–water partition coefficient (Wildman–Crippen LogP) is 3.15. The molecule has 2 nitrogen and oxygen atoms in total. The van der Waals surface area contributed by atoms with Crippen molar-refractivity contribution in [1.29, 1.82) is 0 Å². The van der Waals surface area contributed by atoms with E-state index in [4.69, 9.17) is 0 Å². The average Bonchev–Trinajstić information content (AvgIpc) is 2.86. The summed E-state index contributed by atoms with van der Waals surface area (Å²) in [4.78, 5) is 1.36. The summed E-state index contributed by atoms with van der Waals surface area (Å²) in [5.74, 6) is 1.18. The lowest BCUT2D eigenvalue weighted by molar-refractivity contribution is 0.126. The van der Waals surface area contributed by atoms with Crippen molar-refractivity contribution in [2.75, 3.05) is 12.8 Å². The highest BCUT2D eigenvalue weighted by Crippen LogP contribution is 2.34. The van der Waals surface area contributed by atoms with Gasteiger partial charge in [-0.25, -0.2) is 0 Å². The molecule has 0 saturated carbocycles. The molecule has 0 fully saturated rings. The number of nitrogens with one attached hydrogen (secondary N) is 1. The van der Waals surface area contributed by atoms with Crippen LogP contribution in [-0.4, -0.2) is 23.9 Å². The van der Waals surface area contributed by atoms with Gasteiger partial charge in [0.25, 0.3) is 0 Å². The third kappa shape index (κ3) is 3.08. The number of aliphatic hydroxyl groups excluding tert-OH is 1. The first kappa shape index (κ1) is 13.9. The van der Waals surface area contributed by atoms with Gasteiger partial charge < -0.3 is 10.4 Å². The summed E-state index contributed by atoms with van der Waals surface area (Å²) in [6.45, 7) is 2.19. The second kappa shape index (κ2) is 6.60. The monoisotopic (exact) mass is 265 g/mol. The number of thioether (sulfide) groups is 1. The van der Waals surface area contributed by atoms with Gasteiger partial charge in [0.15, 0.2) is 0 Å². The maximum Gasteiger partial charge on any atom is 0.0943 e. The van der Waals surface area contributed by atoms with Crippen molar-refractivity contribution in [3.63, 3.8) is 0 Å². The zero-order chi connectivity index (χ0) is 13.0. The predicted molar refractivity (Wildman–Crippen MR) is 78.2 cm³/mol. The molecular formula is C15H23NOS. The van der Waals surface area contributed by atoms with Crippen molar-refractivity contribution in [3.05, 3.63) is 29.3 Å². The molecule has 2 N–H and O–H groups in total. The lowest BCUT2D eigenvalue weighted by Crippen LogP contribution is -2.32. The Morgan fingerprint density at radius 1 is 1.44 bits per heavy atom. The van der Waals surface area contributed by atoms with Crippen LogP contribution in [0.4, 0.5) is 0 Å². The van der Waals surface area contributed by atoms with E-state index in [1.54, 1.807) is 0 Å². The molecule has 2 rings (SSSR count). The molecule has 0 aromatic heterocycles. The van der Waals surface area contributed by atoms with Gasteiger partial charge >= 0.3 is 0 Å². The van der Waals surface area contributed by atoms with Crippen molar-refractivity contribution in [2.24, 2.45) is 0 Å². The Hall–Kier alpha value is -0.510. The summed E-state index contributed by atoms with van der Waals surface area (Å²) >= 11 is 1.91. The van der Waals surface area contributed by atoms with Gasteiger partial charge in [0, 0.05) is 16.7 Å². The van der Waals surface area contributed by atoms with Crippen LogP contribution in [0.1, 0.15) is 43.4 Å². The summed E-state index contributed by atoms with van der Waals surface area (Å²) in [7, 11) is 1.94. The number of likely N-dealkylation sites (N-methyl/N-ethyl adjacent to an activating group) is 1. The Labute approximate surface area is 114 Å². The Morgan fingerprint density at radius 3 is 3.00 bits per heavy atom. The first-order valence-electron chi connectivity index (χ1n) is 6.87. The number of unbranched alkanes of at least 4 members (excludes halogenated alkanes) is 1. The highest BCUT2D eigenvalue weighted by atomic mass is 32.2. The molecule has 0 radical (unpaired) electrons. The number of hydrogen-bond donors (Lipinski definition) is 2. The number of fused-ring (bicyclic) bond motifs is 1. The van der Waals surface area contributed by atoms with E-state index in [-0.39, 0.29) is 6.04 Å². The Kier molecular flexibility index (Phi) is 5.10. The van der Waals surface area contributed by atoms with Crippen molar-refractivity contribution in [1.82, 2.24) is 5.32 Å². The van der Waals surface area contributed by atoms with E-state index in [2.05, 4.69) is 30.4 Å². The van der Waals surface area contributed by atoms with Crippen LogP contribution in [0.5, 0.6) is 0 Å². The number of rotatable bonds is 6. The molecule has 100 valence electrons. The molecule has 1 aromatic carbocycles. The number of hydrogen-bond acceptors (Lipinski definition) is 3. The lowest BCUT2D eigenvalue weighted by atomic mass is 9.97. The minimum atomic E-state index is -0.395. The van der Waals surface area contributed by atoms with Gasteiger partial charge in [-0.2, -0.15) is 0 Å². The largest absolute Gasteiger partial charge is 0.387 e. The van der Waals surface area contributed by atoms with E-state index in [1.165, 1.54) is 29.1 Å². The van der Waals surface area contributed by atoms with Gasteiger partial charge in [-0.15, -0.1) is 11.8 Å². The van der Waals surface area contributed by atoms with Crippen LogP contribution in [-0.2, 0) is 6.42 Å². The SMILES string of the molecule is CCCCC(NC)C(O)c1ccc2c(c1)SCC2. The van der Waals surface area contributed by atoms with Gasteiger partial charge in [0.05, 0.1) is 6.10 Å². The van der Waals surface area contributed by atoms with Crippen molar-refractivity contribution in [2.45, 2.75) is 49.6 Å². The topological polar surface area (TPSA) is 32.3 Å². The van der Waals surface area contributed by atoms with Crippen LogP contribution >= 0.6 is 11.8 Å². The second-order valence-electron chi connectivity index (χ2n) is 4.95. The molecule has 0 bridgehead atoms. The Bertz CT molecular complexity index is 394. The smallest absolute Gasteiger partial charge is 0.0943 e. The Balaban J connectivity index is 2.09. The number of benzene rings is 1. The molecule has 18 heavy (non-hydrogen) atoms. The minimum absolute atomic E-state index is 0.161. The summed E-state index contributed by atoms with van der Waals surface area (Å²) < 4.78 is 0. The Morgan fingerprint density at radius 2 is 2.28 bits per heavy atom. The second-order valence-corrected chi connectivity index (χ2v) is 6.08. The number of aliphatic hydroxyl groups is 1. The van der Waals surface area contributed by atoms with Gasteiger partial charge in [-0.3, -0.25) is 0 Å². The normalized spacial score (nSPS) is 17.5. The summed E-state index contributed by atoms with van der Waals surface area (Å²) in [5.41, 5.74) is 2.49. The minimum Gasteiger partial charge on any atom is -0.387 e. The molecule has 0 aliphatic carbocycles. The van der Waals surface area contributed by atoms with Crippen LogP contribution in [0.3, 0.4) is 0 Å². The molecule has 1 heterocycles. The summed E-state index contributed by atoms with van der Waals surface area (Å²) in [5, 5.41) is 13.7. The molecule has 1 aliphatic rings. The first-order valence-corrected chi connectivity index (χ1v) is 7.85. The molecule has 1 aromatic rings. The van der Waals surface area contributed by atoms with Gasteiger partial charge in [0.1, 0.15) is 0 Å². The molecule has 2 atom stereocenters. The van der Waals surface area contributed by atoms with E-state index >= 15 is 0 Å². The first-order chi connectivity index (χ1) is 8.76. The van der Waals surface area contributed by atoms with E-state index < -0.39 is 6.10 Å². The van der Waals surface area contributed by atoms with Crippen LogP contribution in [0.15, 0.2) is 23.1 Å². The van der Waals surface area contributed by atoms with E-state index in [9.17, 15) is 5.11 Å². The molecule has 2 unspecified atom stereocenters. The van der Waals surface area contributed by atoms with Gasteiger partial charge in [-0.1, -0.05) is 31.9 Å². The zero-order valence-corrected chi connectivity index (χ0v) is 12.1. The maximum absolute atomic E-state index is 10.5. The fraction of sp³-hybridized carbons (Fsp3) is 0.600. The zero-order valence-electron chi connectivity index (χ0n) is 11.3. The van der Waals surface area contributed by atoms with Gasteiger partial charge in [0.2, 0.25) is 0 Å². The summed E-state index contributed by atoms with van der Waals surface area (Å²) in [6, 6.07) is 6.61. The fourth-order valence-electron chi connectivity index (χ4n) is 2.48. The highest BCUT2D eigenvalue weighted by molar-refractivity contribution is 7.99. The molecule has 0 amide bonds. The van der Waals surface area contributed by atoms with Crippen molar-refractivity contribution < 1.29 is 5.11 Å². The molecular weight excluding hydrogens is 242 g/mol. The van der Waals surface area contributed by atoms with Crippen molar-refractivity contribution in [3.8, 4) is 0 Å². The molecule has 3 heteroatoms. The molecule has 1 aliphatic heterocycles. The standard InChI is InChI=1S/C15H23NOS/c1-3-4-5-13(16-2)15(17)12-7-6-11-8-9-18-14(11)10-12/h6-7,10,13,15-17H,3-5,8-9H2,1-2H3.